The van der Waals surface area contributed by atoms with Crippen molar-refractivity contribution in [3.63, 3.8) is 0 Å². The number of H-pyrrole nitrogens is 1. The van der Waals surface area contributed by atoms with Gasteiger partial charge < -0.3 is 24.3 Å². The van der Waals surface area contributed by atoms with E-state index < -0.39 is 5.60 Å². The molecule has 196 valence electrons. The van der Waals surface area contributed by atoms with Gasteiger partial charge in [0.05, 0.1) is 7.11 Å². The van der Waals surface area contributed by atoms with E-state index in [4.69, 9.17) is 9.47 Å². The lowest BCUT2D eigenvalue weighted by Gasteiger charge is -2.36. The molecular weight excluding hydrogens is 482 g/mol. The molecule has 4 aromatic rings. The van der Waals surface area contributed by atoms with Gasteiger partial charge in [0.15, 0.2) is 5.78 Å². The van der Waals surface area contributed by atoms with Crippen LogP contribution in [0.5, 0.6) is 5.75 Å². The molecule has 38 heavy (non-hydrogen) atoms. The molecule has 4 heterocycles. The van der Waals surface area contributed by atoms with Gasteiger partial charge in [-0.05, 0) is 63.2 Å². The SMILES string of the molecule is COc1ccc(C(=O)c2c[nH]c3ncc(-c4ccc(N5CCN(C(=O)OC(C)(C)C)CC5)nc4)cc23)cc1. The van der Waals surface area contributed by atoms with Gasteiger partial charge in [-0.2, -0.15) is 0 Å². The van der Waals surface area contributed by atoms with E-state index in [0.29, 0.717) is 48.7 Å². The van der Waals surface area contributed by atoms with Crippen LogP contribution in [0.4, 0.5) is 10.6 Å². The maximum absolute atomic E-state index is 13.2. The Morgan fingerprint density at radius 1 is 0.921 bits per heavy atom. The Balaban J connectivity index is 1.30. The van der Waals surface area contributed by atoms with Crippen molar-refractivity contribution < 1.29 is 19.1 Å². The van der Waals surface area contributed by atoms with Gasteiger partial charge in [-0.1, -0.05) is 0 Å². The first-order valence-electron chi connectivity index (χ1n) is 12.6. The van der Waals surface area contributed by atoms with Crippen LogP contribution in [0.2, 0.25) is 0 Å². The van der Waals surface area contributed by atoms with E-state index in [2.05, 4.69) is 19.9 Å². The number of ether oxygens (including phenoxy) is 2. The summed E-state index contributed by atoms with van der Waals surface area (Å²) in [6.45, 7) is 8.13. The summed E-state index contributed by atoms with van der Waals surface area (Å²) in [4.78, 5) is 41.7. The number of amides is 1. The molecule has 0 unspecified atom stereocenters. The largest absolute Gasteiger partial charge is 0.497 e. The average molecular weight is 514 g/mol. The number of benzene rings is 1. The zero-order chi connectivity index (χ0) is 26.9. The number of fused-ring (bicyclic) bond motifs is 1. The van der Waals surface area contributed by atoms with Crippen molar-refractivity contribution >= 4 is 28.7 Å². The first-order valence-corrected chi connectivity index (χ1v) is 12.6. The second-order valence-corrected chi connectivity index (χ2v) is 10.2. The third-order valence-electron chi connectivity index (χ3n) is 6.46. The zero-order valence-corrected chi connectivity index (χ0v) is 22.0. The molecule has 0 saturated carbocycles. The van der Waals surface area contributed by atoms with Crippen LogP contribution in [-0.2, 0) is 4.74 Å². The second kappa shape index (κ2) is 10.2. The number of aromatic nitrogens is 3. The summed E-state index contributed by atoms with van der Waals surface area (Å²) >= 11 is 0. The number of anilines is 1. The van der Waals surface area contributed by atoms with Gasteiger partial charge in [0, 0.05) is 72.4 Å². The van der Waals surface area contributed by atoms with Crippen molar-refractivity contribution in [3.8, 4) is 16.9 Å². The number of carbonyl (C=O) groups excluding carboxylic acids is 2. The van der Waals surface area contributed by atoms with Crippen LogP contribution in [-0.4, -0.2) is 70.6 Å². The van der Waals surface area contributed by atoms with Crippen LogP contribution in [0.3, 0.4) is 0 Å². The highest BCUT2D eigenvalue weighted by Gasteiger charge is 2.26. The number of methoxy groups -OCH3 is 1. The summed E-state index contributed by atoms with van der Waals surface area (Å²) in [6.07, 6.45) is 5.01. The van der Waals surface area contributed by atoms with Gasteiger partial charge >= 0.3 is 6.09 Å². The van der Waals surface area contributed by atoms with Crippen LogP contribution < -0.4 is 9.64 Å². The van der Waals surface area contributed by atoms with Gasteiger partial charge in [0.1, 0.15) is 22.8 Å². The lowest BCUT2D eigenvalue weighted by Crippen LogP contribution is -2.50. The number of piperazine rings is 1. The first kappa shape index (κ1) is 25.3. The number of pyridine rings is 2. The maximum Gasteiger partial charge on any atom is 0.410 e. The highest BCUT2D eigenvalue weighted by atomic mass is 16.6. The fraction of sp³-hybridized carbons (Fsp3) is 0.310. The van der Waals surface area contributed by atoms with Crippen LogP contribution in [0.15, 0.2) is 61.1 Å². The number of hydrogen-bond acceptors (Lipinski definition) is 7. The number of rotatable bonds is 5. The Morgan fingerprint density at radius 2 is 1.63 bits per heavy atom. The molecule has 0 atom stereocenters. The lowest BCUT2D eigenvalue weighted by atomic mass is 10.0. The van der Waals surface area contributed by atoms with E-state index in [1.165, 1.54) is 0 Å². The number of nitrogens with zero attached hydrogens (tertiary/aromatic N) is 4. The van der Waals surface area contributed by atoms with Crippen molar-refractivity contribution in [3.05, 3.63) is 72.2 Å². The summed E-state index contributed by atoms with van der Waals surface area (Å²) in [7, 11) is 1.60. The summed E-state index contributed by atoms with van der Waals surface area (Å²) in [5.41, 5.74) is 3.06. The molecule has 1 saturated heterocycles. The Morgan fingerprint density at radius 3 is 2.26 bits per heavy atom. The minimum absolute atomic E-state index is 0.0862. The van der Waals surface area contributed by atoms with Crippen molar-refractivity contribution in [2.24, 2.45) is 0 Å². The molecule has 1 N–H and O–H groups in total. The van der Waals surface area contributed by atoms with Crippen molar-refractivity contribution in [2.75, 3.05) is 38.2 Å². The molecule has 0 bridgehead atoms. The van der Waals surface area contributed by atoms with Crippen molar-refractivity contribution in [2.45, 2.75) is 26.4 Å². The number of nitrogens with one attached hydrogen (secondary N) is 1. The molecule has 5 rings (SSSR count). The molecule has 0 spiro atoms. The van der Waals surface area contributed by atoms with Gasteiger partial charge in [0.25, 0.3) is 0 Å². The summed E-state index contributed by atoms with van der Waals surface area (Å²) in [5.74, 6) is 1.46. The van der Waals surface area contributed by atoms with Gasteiger partial charge in [-0.25, -0.2) is 14.8 Å². The van der Waals surface area contributed by atoms with Crippen LogP contribution in [0, 0.1) is 0 Å². The zero-order valence-electron chi connectivity index (χ0n) is 22.0. The van der Waals surface area contributed by atoms with Gasteiger partial charge in [0.2, 0.25) is 0 Å². The highest BCUT2D eigenvalue weighted by Crippen LogP contribution is 2.27. The minimum Gasteiger partial charge on any atom is -0.497 e. The smallest absolute Gasteiger partial charge is 0.410 e. The summed E-state index contributed by atoms with van der Waals surface area (Å²) in [6, 6.07) is 13.0. The molecule has 9 nitrogen and oxygen atoms in total. The summed E-state index contributed by atoms with van der Waals surface area (Å²) < 4.78 is 10.7. The van der Waals surface area contributed by atoms with Crippen molar-refractivity contribution in [1.82, 2.24) is 19.9 Å². The van der Waals surface area contributed by atoms with Gasteiger partial charge in [-0.15, -0.1) is 0 Å². The summed E-state index contributed by atoms with van der Waals surface area (Å²) in [5, 5.41) is 0.755. The van der Waals surface area contributed by atoms with E-state index in [1.54, 1.807) is 48.7 Å². The maximum atomic E-state index is 13.2. The number of ketones is 1. The Labute approximate surface area is 221 Å². The molecule has 9 heteroatoms. The molecule has 1 aliphatic heterocycles. The highest BCUT2D eigenvalue weighted by molar-refractivity contribution is 6.16. The predicted octanol–water partition coefficient (Wildman–Crippen LogP) is 4.92. The Hall–Kier alpha value is -4.40. The normalized spacial score (nSPS) is 14.0. The molecule has 1 aliphatic rings. The molecule has 1 fully saturated rings. The Kier molecular flexibility index (Phi) is 6.75. The molecule has 0 radical (unpaired) electrons. The predicted molar refractivity (Wildman–Crippen MR) is 146 cm³/mol. The number of carbonyl (C=O) groups is 2. The number of aromatic amines is 1. The van der Waals surface area contributed by atoms with E-state index in [-0.39, 0.29) is 11.9 Å². The third kappa shape index (κ3) is 5.32. The Bertz CT molecular complexity index is 1450. The second-order valence-electron chi connectivity index (χ2n) is 10.2. The van der Waals surface area contributed by atoms with E-state index >= 15 is 0 Å². The molecule has 1 aromatic carbocycles. The standard InChI is InChI=1S/C29H31N5O4/c1-29(2,3)38-28(36)34-13-11-33(12-14-34)25-10-7-20(16-30-25)21-15-23-24(18-32-27(23)31-17-21)26(35)19-5-8-22(37-4)9-6-19/h5-10,15-18H,11-14H2,1-4H3,(H,31,32). The van der Waals surface area contributed by atoms with Crippen molar-refractivity contribution in [1.29, 1.82) is 0 Å². The van der Waals surface area contributed by atoms with Crippen LogP contribution >= 0.6 is 0 Å². The van der Waals surface area contributed by atoms with Crippen LogP contribution in [0.25, 0.3) is 22.2 Å². The monoisotopic (exact) mass is 513 g/mol. The quantitative estimate of drug-likeness (QED) is 0.378. The van der Waals surface area contributed by atoms with E-state index in [9.17, 15) is 9.59 Å². The van der Waals surface area contributed by atoms with Crippen LogP contribution in [0.1, 0.15) is 36.7 Å². The topological polar surface area (TPSA) is 101 Å². The lowest BCUT2D eigenvalue weighted by molar-refractivity contribution is 0.0240. The average Bonchev–Trinajstić information content (AvgIpc) is 3.35. The first-order chi connectivity index (χ1) is 18.2. The molecule has 0 aliphatic carbocycles. The minimum atomic E-state index is -0.506. The number of hydrogen-bond donors (Lipinski definition) is 1. The molecular formula is C29H31N5O4. The fourth-order valence-electron chi connectivity index (χ4n) is 4.44. The third-order valence-corrected chi connectivity index (χ3v) is 6.46. The molecule has 1 amide bonds. The molecule has 3 aromatic heterocycles. The van der Waals surface area contributed by atoms with E-state index in [1.807, 2.05) is 45.2 Å². The van der Waals surface area contributed by atoms with Gasteiger partial charge in [-0.3, -0.25) is 4.79 Å². The van der Waals surface area contributed by atoms with E-state index in [0.717, 1.165) is 22.3 Å². The fourth-order valence-corrected chi connectivity index (χ4v) is 4.44.